The molecule has 2 aromatic rings. The van der Waals surface area contributed by atoms with Crippen LogP contribution in [0.25, 0.3) is 0 Å². The second-order valence-electron chi connectivity index (χ2n) is 7.48. The van der Waals surface area contributed by atoms with Crippen molar-refractivity contribution in [1.29, 1.82) is 0 Å². The van der Waals surface area contributed by atoms with E-state index in [1.807, 2.05) is 7.05 Å². The third kappa shape index (κ3) is 7.26. The fourth-order valence-corrected chi connectivity index (χ4v) is 3.73. The Balaban J connectivity index is 0.00000300. The van der Waals surface area contributed by atoms with E-state index in [2.05, 4.69) is 73.4 Å². The molecule has 29 heavy (non-hydrogen) atoms. The highest BCUT2D eigenvalue weighted by Crippen LogP contribution is 2.14. The summed E-state index contributed by atoms with van der Waals surface area (Å²) < 4.78 is 2.09. The normalized spacial score (nSPS) is 15.8. The van der Waals surface area contributed by atoms with Gasteiger partial charge in [0.25, 0.3) is 0 Å². The molecule has 1 aliphatic rings. The first-order valence-corrected chi connectivity index (χ1v) is 10.3. The molecular weight excluding hydrogens is 477 g/mol. The van der Waals surface area contributed by atoms with Crippen LogP contribution in [0.4, 0.5) is 0 Å². The Morgan fingerprint density at radius 1 is 1.28 bits per heavy atom. The highest BCUT2D eigenvalue weighted by atomic mass is 127. The third-order valence-corrected chi connectivity index (χ3v) is 5.30. The van der Waals surface area contributed by atoms with Crippen molar-refractivity contribution in [3.8, 4) is 0 Å². The number of likely N-dealkylation sites (tertiary alicyclic amines) is 1. The summed E-state index contributed by atoms with van der Waals surface area (Å²) in [5, 5.41) is 15.1. The lowest BCUT2D eigenvalue weighted by Gasteiger charge is -2.33. The summed E-state index contributed by atoms with van der Waals surface area (Å²) in [6, 6.07) is 9.29. The minimum atomic E-state index is 0. The van der Waals surface area contributed by atoms with Gasteiger partial charge in [-0.3, -0.25) is 9.89 Å². The number of benzene rings is 1. The Labute approximate surface area is 191 Å². The van der Waals surface area contributed by atoms with Crippen molar-refractivity contribution in [3.05, 3.63) is 47.5 Å². The Morgan fingerprint density at radius 2 is 2.07 bits per heavy atom. The largest absolute Gasteiger partial charge is 0.355 e. The molecule has 0 unspecified atom stereocenters. The molecular formula is C21H34IN7. The Kier molecular flexibility index (Phi) is 9.86. The molecule has 0 atom stereocenters. The van der Waals surface area contributed by atoms with Gasteiger partial charge >= 0.3 is 0 Å². The molecule has 0 saturated carbocycles. The van der Waals surface area contributed by atoms with Crippen LogP contribution in [0.1, 0.15) is 36.7 Å². The first kappa shape index (κ1) is 23.6. The van der Waals surface area contributed by atoms with E-state index in [-0.39, 0.29) is 24.0 Å². The summed E-state index contributed by atoms with van der Waals surface area (Å²) in [5.74, 6) is 1.90. The minimum absolute atomic E-state index is 0. The number of hydrogen-bond donors (Lipinski definition) is 2. The lowest BCUT2D eigenvalue weighted by molar-refractivity contribution is 0.198. The summed E-state index contributed by atoms with van der Waals surface area (Å²) >= 11 is 0. The van der Waals surface area contributed by atoms with Crippen molar-refractivity contribution < 1.29 is 0 Å². The Hall–Kier alpha value is -1.68. The van der Waals surface area contributed by atoms with Crippen molar-refractivity contribution in [1.82, 2.24) is 30.3 Å². The number of hydrogen-bond acceptors (Lipinski definition) is 4. The first-order valence-electron chi connectivity index (χ1n) is 10.3. The number of halogens is 1. The van der Waals surface area contributed by atoms with E-state index < -0.39 is 0 Å². The van der Waals surface area contributed by atoms with E-state index in [1.54, 1.807) is 6.33 Å². The lowest BCUT2D eigenvalue weighted by atomic mass is 10.0. The maximum Gasteiger partial charge on any atom is 0.191 e. The zero-order valence-corrected chi connectivity index (χ0v) is 20.1. The quantitative estimate of drug-likeness (QED) is 0.340. The van der Waals surface area contributed by atoms with Crippen LogP contribution < -0.4 is 10.6 Å². The molecule has 8 heteroatoms. The Morgan fingerprint density at radius 3 is 2.76 bits per heavy atom. The molecule has 160 valence electrons. The summed E-state index contributed by atoms with van der Waals surface area (Å²) in [6.07, 6.45) is 4.96. The molecule has 0 amide bonds. The predicted molar refractivity (Wildman–Crippen MR) is 129 cm³/mol. The van der Waals surface area contributed by atoms with Gasteiger partial charge in [0.15, 0.2) is 5.96 Å². The van der Waals surface area contributed by atoms with Crippen LogP contribution in [-0.4, -0.2) is 58.3 Å². The van der Waals surface area contributed by atoms with Crippen molar-refractivity contribution in [2.75, 3.05) is 26.7 Å². The van der Waals surface area contributed by atoms with Gasteiger partial charge in [-0.25, -0.2) is 0 Å². The molecule has 1 saturated heterocycles. The van der Waals surface area contributed by atoms with E-state index in [4.69, 9.17) is 0 Å². The van der Waals surface area contributed by atoms with Crippen LogP contribution in [0.15, 0.2) is 35.6 Å². The zero-order valence-electron chi connectivity index (χ0n) is 17.8. The van der Waals surface area contributed by atoms with Gasteiger partial charge in [-0.2, -0.15) is 0 Å². The van der Waals surface area contributed by atoms with Crippen LogP contribution in [0.2, 0.25) is 0 Å². The molecule has 1 aromatic carbocycles. The molecule has 3 rings (SSSR count). The monoisotopic (exact) mass is 511 g/mol. The SMILES string of the molecule is CCc1nncn1CCNC(=NC)NC1CCN(Cc2cccc(C)c2)CC1.I. The molecule has 2 heterocycles. The molecule has 1 aliphatic heterocycles. The van der Waals surface area contributed by atoms with E-state index >= 15 is 0 Å². The van der Waals surface area contributed by atoms with Crippen molar-refractivity contribution in [2.45, 2.75) is 52.2 Å². The number of aliphatic imine (C=N–C) groups is 1. The second-order valence-corrected chi connectivity index (χ2v) is 7.48. The lowest BCUT2D eigenvalue weighted by Crippen LogP contribution is -2.49. The molecule has 0 radical (unpaired) electrons. The first-order chi connectivity index (χ1) is 13.7. The van der Waals surface area contributed by atoms with Gasteiger partial charge in [0.1, 0.15) is 12.2 Å². The van der Waals surface area contributed by atoms with Crippen LogP contribution >= 0.6 is 24.0 Å². The van der Waals surface area contributed by atoms with Gasteiger partial charge in [-0.15, -0.1) is 34.2 Å². The van der Waals surface area contributed by atoms with Crippen LogP contribution in [-0.2, 0) is 19.5 Å². The Bertz CT molecular complexity index is 766. The van der Waals surface area contributed by atoms with Gasteiger partial charge in [0.05, 0.1) is 0 Å². The van der Waals surface area contributed by atoms with Gasteiger partial charge in [-0.1, -0.05) is 36.8 Å². The zero-order chi connectivity index (χ0) is 19.8. The summed E-state index contributed by atoms with van der Waals surface area (Å²) in [5.41, 5.74) is 2.74. The fourth-order valence-electron chi connectivity index (χ4n) is 3.73. The fraction of sp³-hybridized carbons (Fsp3) is 0.571. The molecule has 0 bridgehead atoms. The van der Waals surface area contributed by atoms with Crippen LogP contribution in [0.3, 0.4) is 0 Å². The van der Waals surface area contributed by atoms with E-state index in [1.165, 1.54) is 11.1 Å². The average Bonchev–Trinajstić information content (AvgIpc) is 3.16. The number of nitrogens with one attached hydrogen (secondary N) is 2. The van der Waals surface area contributed by atoms with Crippen LogP contribution in [0.5, 0.6) is 0 Å². The summed E-state index contributed by atoms with van der Waals surface area (Å²) in [4.78, 5) is 6.92. The molecule has 0 spiro atoms. The topological polar surface area (TPSA) is 70.4 Å². The number of nitrogens with zero attached hydrogens (tertiary/aromatic N) is 5. The second kappa shape index (κ2) is 12.1. The van der Waals surface area contributed by atoms with Crippen molar-refractivity contribution in [2.24, 2.45) is 4.99 Å². The third-order valence-electron chi connectivity index (χ3n) is 5.30. The number of guanidine groups is 1. The van der Waals surface area contributed by atoms with Gasteiger partial charge in [-0.05, 0) is 25.3 Å². The standard InChI is InChI=1S/C21H33N7.HI/c1-4-20-26-24-16-28(20)13-10-23-21(22-3)25-19-8-11-27(12-9-19)15-18-7-5-6-17(2)14-18;/h5-7,14,16,19H,4,8-13,15H2,1-3H3,(H2,22,23,25);1H. The molecule has 1 aromatic heterocycles. The molecule has 7 nitrogen and oxygen atoms in total. The van der Waals surface area contributed by atoms with Gasteiger partial charge in [0.2, 0.25) is 0 Å². The van der Waals surface area contributed by atoms with E-state index in [9.17, 15) is 0 Å². The highest BCUT2D eigenvalue weighted by molar-refractivity contribution is 14.0. The van der Waals surface area contributed by atoms with Crippen molar-refractivity contribution >= 4 is 29.9 Å². The number of aryl methyl sites for hydroxylation is 2. The smallest absolute Gasteiger partial charge is 0.191 e. The molecule has 1 fully saturated rings. The maximum absolute atomic E-state index is 4.38. The number of piperidine rings is 1. The average molecular weight is 511 g/mol. The number of rotatable bonds is 7. The van der Waals surface area contributed by atoms with E-state index in [0.717, 1.165) is 63.8 Å². The van der Waals surface area contributed by atoms with Gasteiger partial charge in [0, 0.05) is 52.2 Å². The minimum Gasteiger partial charge on any atom is -0.355 e. The summed E-state index contributed by atoms with van der Waals surface area (Å²) in [7, 11) is 1.83. The molecule has 2 N–H and O–H groups in total. The maximum atomic E-state index is 4.38. The van der Waals surface area contributed by atoms with E-state index in [0.29, 0.717) is 6.04 Å². The van der Waals surface area contributed by atoms with Gasteiger partial charge < -0.3 is 15.2 Å². The van der Waals surface area contributed by atoms with Crippen molar-refractivity contribution in [3.63, 3.8) is 0 Å². The molecule has 0 aliphatic carbocycles. The highest BCUT2D eigenvalue weighted by Gasteiger charge is 2.20. The number of aromatic nitrogens is 3. The predicted octanol–water partition coefficient (Wildman–Crippen LogP) is 2.60. The van der Waals surface area contributed by atoms with Crippen LogP contribution in [0, 0.1) is 6.92 Å². The summed E-state index contributed by atoms with van der Waals surface area (Å²) in [6.45, 7) is 9.17.